The predicted molar refractivity (Wildman–Crippen MR) is 142 cm³/mol. The van der Waals surface area contributed by atoms with Crippen LogP contribution in [0.4, 0.5) is 23.7 Å². The first-order valence-corrected chi connectivity index (χ1v) is 12.6. The molecule has 0 spiro atoms. The highest BCUT2D eigenvalue weighted by Crippen LogP contribution is 2.35. The van der Waals surface area contributed by atoms with E-state index in [1.807, 2.05) is 0 Å². The third kappa shape index (κ3) is 7.05. The zero-order chi connectivity index (χ0) is 28.3. The SMILES string of the molecule is COc1ccc(C=C2SC(=O)N(Cc3ccc(Cl)c(Cl)c3)C2=O)cc1NC(=O)c1ccc(OC(F)(F)F)cc1. The Morgan fingerprint density at radius 2 is 1.74 bits per heavy atom. The highest BCUT2D eigenvalue weighted by atomic mass is 35.5. The van der Waals surface area contributed by atoms with Crippen LogP contribution in [0, 0.1) is 0 Å². The number of imide groups is 1. The molecule has 4 rings (SSSR count). The van der Waals surface area contributed by atoms with Crippen molar-refractivity contribution in [1.82, 2.24) is 4.90 Å². The number of rotatable bonds is 7. The van der Waals surface area contributed by atoms with E-state index in [1.54, 1.807) is 30.3 Å². The third-order valence-corrected chi connectivity index (χ3v) is 6.96. The van der Waals surface area contributed by atoms with Gasteiger partial charge in [0, 0.05) is 5.56 Å². The summed E-state index contributed by atoms with van der Waals surface area (Å²) in [4.78, 5) is 39.4. The lowest BCUT2D eigenvalue weighted by molar-refractivity contribution is -0.274. The molecule has 0 aliphatic carbocycles. The smallest absolute Gasteiger partial charge is 0.495 e. The third-order valence-electron chi connectivity index (χ3n) is 5.32. The first kappa shape index (κ1) is 28.3. The number of anilines is 1. The molecular weight excluding hydrogens is 580 g/mol. The second-order valence-corrected chi connectivity index (χ2v) is 9.81. The maximum absolute atomic E-state index is 12.9. The van der Waals surface area contributed by atoms with Crippen LogP contribution in [0.2, 0.25) is 10.0 Å². The van der Waals surface area contributed by atoms with Crippen molar-refractivity contribution in [2.24, 2.45) is 0 Å². The molecule has 7 nitrogen and oxygen atoms in total. The van der Waals surface area contributed by atoms with Crippen molar-refractivity contribution in [2.75, 3.05) is 12.4 Å². The lowest BCUT2D eigenvalue weighted by atomic mass is 10.1. The fourth-order valence-electron chi connectivity index (χ4n) is 3.52. The Bertz CT molecular complexity index is 1480. The van der Waals surface area contributed by atoms with Crippen molar-refractivity contribution in [1.29, 1.82) is 0 Å². The molecule has 0 radical (unpaired) electrons. The number of amides is 3. The predicted octanol–water partition coefficient (Wildman–Crippen LogP) is 7.39. The molecule has 0 bridgehead atoms. The molecule has 13 heteroatoms. The van der Waals surface area contributed by atoms with Crippen molar-refractivity contribution >= 4 is 63.8 Å². The average Bonchev–Trinajstić information content (AvgIpc) is 3.13. The van der Waals surface area contributed by atoms with Gasteiger partial charge in [0.05, 0.1) is 34.3 Å². The summed E-state index contributed by atoms with van der Waals surface area (Å²) in [5.74, 6) is -1.29. The summed E-state index contributed by atoms with van der Waals surface area (Å²) in [7, 11) is 1.39. The molecule has 1 N–H and O–H groups in total. The minimum Gasteiger partial charge on any atom is -0.495 e. The lowest BCUT2D eigenvalue weighted by Gasteiger charge is -2.13. The van der Waals surface area contributed by atoms with Gasteiger partial charge in [-0.2, -0.15) is 0 Å². The summed E-state index contributed by atoms with van der Waals surface area (Å²) in [5, 5.41) is 2.82. The van der Waals surface area contributed by atoms with E-state index < -0.39 is 29.2 Å². The van der Waals surface area contributed by atoms with E-state index in [4.69, 9.17) is 27.9 Å². The van der Waals surface area contributed by atoms with Crippen molar-refractivity contribution in [2.45, 2.75) is 12.9 Å². The fourth-order valence-corrected chi connectivity index (χ4v) is 4.68. The standard InChI is InChI=1S/C26H17Cl2F3N2O5S/c1-37-21-9-3-14(11-20(21)32-23(34)16-4-6-17(7-5-16)38-26(29,30)31)12-22-24(35)33(25(36)39-22)13-15-2-8-18(27)19(28)10-15/h2-12H,13H2,1H3,(H,32,34). The van der Waals surface area contributed by atoms with Crippen molar-refractivity contribution < 1.29 is 37.0 Å². The van der Waals surface area contributed by atoms with Crippen LogP contribution in [0.15, 0.2) is 65.6 Å². The van der Waals surface area contributed by atoms with E-state index in [0.717, 1.165) is 28.8 Å². The molecule has 1 fully saturated rings. The van der Waals surface area contributed by atoms with Gasteiger partial charge in [0.2, 0.25) is 0 Å². The maximum atomic E-state index is 12.9. The van der Waals surface area contributed by atoms with E-state index in [-0.39, 0.29) is 22.7 Å². The van der Waals surface area contributed by atoms with Gasteiger partial charge in [0.25, 0.3) is 17.1 Å². The molecule has 1 saturated heterocycles. The van der Waals surface area contributed by atoms with Gasteiger partial charge in [-0.1, -0.05) is 35.3 Å². The Morgan fingerprint density at radius 1 is 1.03 bits per heavy atom. The van der Waals surface area contributed by atoms with Gasteiger partial charge in [0.15, 0.2) is 0 Å². The van der Waals surface area contributed by atoms with Crippen LogP contribution in [0.1, 0.15) is 21.5 Å². The van der Waals surface area contributed by atoms with Gasteiger partial charge in [-0.15, -0.1) is 13.2 Å². The van der Waals surface area contributed by atoms with Gasteiger partial charge in [-0.25, -0.2) is 0 Å². The number of methoxy groups -OCH3 is 1. The van der Waals surface area contributed by atoms with Gasteiger partial charge >= 0.3 is 6.36 Å². The number of hydrogen-bond donors (Lipinski definition) is 1. The van der Waals surface area contributed by atoms with Crippen LogP contribution in [0.25, 0.3) is 6.08 Å². The van der Waals surface area contributed by atoms with E-state index in [9.17, 15) is 27.6 Å². The van der Waals surface area contributed by atoms with Gasteiger partial charge in [0.1, 0.15) is 11.5 Å². The number of halogens is 5. The first-order chi connectivity index (χ1) is 18.4. The van der Waals surface area contributed by atoms with Crippen LogP contribution in [0.3, 0.4) is 0 Å². The molecule has 39 heavy (non-hydrogen) atoms. The normalized spacial score (nSPS) is 14.6. The Balaban J connectivity index is 1.51. The topological polar surface area (TPSA) is 84.9 Å². The van der Waals surface area contributed by atoms with Gasteiger partial charge in [-0.3, -0.25) is 19.3 Å². The second-order valence-electron chi connectivity index (χ2n) is 8.00. The van der Waals surface area contributed by atoms with Gasteiger partial charge < -0.3 is 14.8 Å². The number of ether oxygens (including phenoxy) is 2. The van der Waals surface area contributed by atoms with Crippen LogP contribution in [-0.4, -0.2) is 35.4 Å². The molecular formula is C26H17Cl2F3N2O5S. The number of benzene rings is 3. The monoisotopic (exact) mass is 596 g/mol. The number of nitrogens with zero attached hydrogens (tertiary/aromatic N) is 1. The van der Waals surface area contributed by atoms with Crippen LogP contribution >= 0.6 is 35.0 Å². The zero-order valence-corrected chi connectivity index (χ0v) is 22.2. The van der Waals surface area contributed by atoms with Crippen LogP contribution < -0.4 is 14.8 Å². The van der Waals surface area contributed by atoms with Crippen LogP contribution in [0.5, 0.6) is 11.5 Å². The highest BCUT2D eigenvalue weighted by molar-refractivity contribution is 8.18. The summed E-state index contributed by atoms with van der Waals surface area (Å²) >= 11 is 12.7. The number of alkyl halides is 3. The van der Waals surface area contributed by atoms with E-state index in [1.165, 1.54) is 31.4 Å². The summed E-state index contributed by atoms with van der Waals surface area (Å²) in [6, 6.07) is 13.9. The molecule has 1 heterocycles. The highest BCUT2D eigenvalue weighted by Gasteiger charge is 2.35. The summed E-state index contributed by atoms with van der Waals surface area (Å²) < 4.78 is 46.2. The van der Waals surface area contributed by atoms with E-state index >= 15 is 0 Å². The maximum Gasteiger partial charge on any atom is 0.573 e. The van der Waals surface area contributed by atoms with Crippen molar-refractivity contribution in [3.05, 3.63) is 92.3 Å². The number of carbonyl (C=O) groups is 3. The molecule has 0 atom stereocenters. The molecule has 0 unspecified atom stereocenters. The summed E-state index contributed by atoms with van der Waals surface area (Å²) in [5.41, 5.74) is 1.42. The minimum absolute atomic E-state index is 0.00954. The molecule has 3 aromatic rings. The lowest BCUT2D eigenvalue weighted by Crippen LogP contribution is -2.27. The van der Waals surface area contributed by atoms with Gasteiger partial charge in [-0.05, 0) is 77.5 Å². The van der Waals surface area contributed by atoms with Crippen LogP contribution in [-0.2, 0) is 11.3 Å². The largest absolute Gasteiger partial charge is 0.573 e. The fraction of sp³-hybridized carbons (Fsp3) is 0.115. The Hall–Kier alpha value is -3.67. The number of thioether (sulfide) groups is 1. The Morgan fingerprint density at radius 3 is 2.38 bits per heavy atom. The Kier molecular flexibility index (Phi) is 8.43. The molecule has 3 amide bonds. The Labute approximate surface area is 234 Å². The molecule has 3 aromatic carbocycles. The molecule has 1 aliphatic rings. The van der Waals surface area contributed by atoms with Crippen molar-refractivity contribution in [3.8, 4) is 11.5 Å². The molecule has 0 aromatic heterocycles. The molecule has 0 saturated carbocycles. The van der Waals surface area contributed by atoms with E-state index in [2.05, 4.69) is 10.1 Å². The summed E-state index contributed by atoms with van der Waals surface area (Å²) in [6.07, 6.45) is -3.35. The van der Waals surface area contributed by atoms with E-state index in [0.29, 0.717) is 26.9 Å². The van der Waals surface area contributed by atoms with Crippen molar-refractivity contribution in [3.63, 3.8) is 0 Å². The molecule has 1 aliphatic heterocycles. The second kappa shape index (κ2) is 11.6. The number of nitrogens with one attached hydrogen (secondary N) is 1. The first-order valence-electron chi connectivity index (χ1n) is 11.0. The zero-order valence-electron chi connectivity index (χ0n) is 19.8. The average molecular weight is 597 g/mol. The quantitative estimate of drug-likeness (QED) is 0.286. The number of hydrogen-bond acceptors (Lipinski definition) is 6. The summed E-state index contributed by atoms with van der Waals surface area (Å²) in [6.45, 7) is 0.00954. The minimum atomic E-state index is -4.85. The molecule has 202 valence electrons. The number of carbonyl (C=O) groups excluding carboxylic acids is 3.